The summed E-state index contributed by atoms with van der Waals surface area (Å²) >= 11 is 0. The first kappa shape index (κ1) is 16.9. The van der Waals surface area contributed by atoms with Gasteiger partial charge in [0.2, 0.25) is 0 Å². The number of aliphatic carboxylic acids is 1. The van der Waals surface area contributed by atoms with Gasteiger partial charge in [-0.15, -0.1) is 0 Å². The first-order valence-electron chi connectivity index (χ1n) is 7.13. The molecule has 0 saturated carbocycles. The van der Waals surface area contributed by atoms with Crippen LogP contribution in [0.3, 0.4) is 0 Å². The number of rotatable bonds is 7. The van der Waals surface area contributed by atoms with E-state index >= 15 is 0 Å². The van der Waals surface area contributed by atoms with Gasteiger partial charge in [0.05, 0.1) is 5.56 Å². The zero-order valence-electron chi connectivity index (χ0n) is 12.7. The van der Waals surface area contributed by atoms with Crippen molar-refractivity contribution >= 4 is 18.0 Å². The van der Waals surface area contributed by atoms with E-state index < -0.39 is 5.97 Å². The fourth-order valence-electron chi connectivity index (χ4n) is 1.88. The van der Waals surface area contributed by atoms with E-state index in [-0.39, 0.29) is 5.91 Å². The number of carbonyl (C=O) groups excluding carboxylic acids is 1. The summed E-state index contributed by atoms with van der Waals surface area (Å²) in [6, 6.07) is 1.66. The van der Waals surface area contributed by atoms with Crippen molar-refractivity contribution in [1.82, 2.24) is 9.88 Å². The predicted molar refractivity (Wildman–Crippen MR) is 81.9 cm³/mol. The van der Waals surface area contributed by atoms with Crippen molar-refractivity contribution in [2.75, 3.05) is 13.1 Å². The smallest absolute Gasteiger partial charge is 0.328 e. The van der Waals surface area contributed by atoms with Crippen LogP contribution in [-0.4, -0.2) is 40.0 Å². The summed E-state index contributed by atoms with van der Waals surface area (Å²) in [5.41, 5.74) is 1.08. The number of carboxylic acids is 1. The molecule has 1 atom stereocenters. The number of nitrogens with zero attached hydrogens (tertiary/aromatic N) is 2. The lowest BCUT2D eigenvalue weighted by molar-refractivity contribution is -0.131. The maximum atomic E-state index is 12.5. The Kier molecular flexibility index (Phi) is 6.59. The Bertz CT molecular complexity index is 526. The van der Waals surface area contributed by atoms with Gasteiger partial charge in [-0.3, -0.25) is 9.78 Å². The highest BCUT2D eigenvalue weighted by molar-refractivity contribution is 5.94. The third kappa shape index (κ3) is 5.38. The molecule has 5 nitrogen and oxygen atoms in total. The van der Waals surface area contributed by atoms with Gasteiger partial charge in [0.15, 0.2) is 0 Å². The number of pyridine rings is 1. The monoisotopic (exact) mass is 290 g/mol. The zero-order chi connectivity index (χ0) is 15.8. The first-order valence-corrected chi connectivity index (χ1v) is 7.13. The lowest BCUT2D eigenvalue weighted by atomic mass is 10.1. The summed E-state index contributed by atoms with van der Waals surface area (Å²) in [5, 5.41) is 8.62. The summed E-state index contributed by atoms with van der Waals surface area (Å²) in [6.07, 6.45) is 6.52. The Balaban J connectivity index is 2.90. The molecule has 1 amide bonds. The Morgan fingerprint density at radius 1 is 1.38 bits per heavy atom. The van der Waals surface area contributed by atoms with Gasteiger partial charge in [-0.25, -0.2) is 4.79 Å². The molecule has 0 saturated heterocycles. The molecule has 1 heterocycles. The maximum Gasteiger partial charge on any atom is 0.328 e. The number of amides is 1. The largest absolute Gasteiger partial charge is 0.478 e. The van der Waals surface area contributed by atoms with Gasteiger partial charge in [-0.1, -0.05) is 20.3 Å². The second kappa shape index (κ2) is 8.19. The van der Waals surface area contributed by atoms with Crippen LogP contribution in [0.5, 0.6) is 0 Å². The molecule has 1 aromatic heterocycles. The normalized spacial score (nSPS) is 12.3. The molecule has 5 heteroatoms. The summed E-state index contributed by atoms with van der Waals surface area (Å²) in [7, 11) is 0. The maximum absolute atomic E-state index is 12.5. The van der Waals surface area contributed by atoms with Crippen LogP contribution in [0, 0.1) is 5.92 Å². The highest BCUT2D eigenvalue weighted by atomic mass is 16.4. The Morgan fingerprint density at radius 2 is 2.10 bits per heavy atom. The van der Waals surface area contributed by atoms with E-state index in [0.29, 0.717) is 30.1 Å². The standard InChI is InChI=1S/C16H22N2O3/c1-4-12(3)11-18(5-2)16(21)14-8-13(9-17-10-14)6-7-15(19)20/h6-10,12H,4-5,11H2,1-3H3,(H,19,20). The molecule has 0 aliphatic rings. The zero-order valence-corrected chi connectivity index (χ0v) is 12.7. The highest BCUT2D eigenvalue weighted by Crippen LogP contribution is 2.11. The van der Waals surface area contributed by atoms with Crippen molar-refractivity contribution in [2.45, 2.75) is 27.2 Å². The number of carboxylic acid groups (broad SMARTS) is 1. The summed E-state index contributed by atoms with van der Waals surface area (Å²) < 4.78 is 0. The minimum absolute atomic E-state index is 0.0733. The number of carbonyl (C=O) groups is 2. The van der Waals surface area contributed by atoms with E-state index in [1.165, 1.54) is 18.5 Å². The molecule has 0 fully saturated rings. The van der Waals surface area contributed by atoms with Crippen LogP contribution >= 0.6 is 0 Å². The van der Waals surface area contributed by atoms with E-state index in [2.05, 4.69) is 18.8 Å². The molecule has 0 spiro atoms. The van der Waals surface area contributed by atoms with Crippen LogP contribution in [0.25, 0.3) is 6.08 Å². The molecule has 0 radical (unpaired) electrons. The van der Waals surface area contributed by atoms with Gasteiger partial charge < -0.3 is 10.0 Å². The molecular weight excluding hydrogens is 268 g/mol. The van der Waals surface area contributed by atoms with E-state index in [4.69, 9.17) is 5.11 Å². The number of hydrogen-bond acceptors (Lipinski definition) is 3. The molecule has 1 unspecified atom stereocenters. The highest BCUT2D eigenvalue weighted by Gasteiger charge is 2.16. The third-order valence-electron chi connectivity index (χ3n) is 3.32. The van der Waals surface area contributed by atoms with Crippen LogP contribution in [0.2, 0.25) is 0 Å². The van der Waals surface area contributed by atoms with Crippen LogP contribution in [-0.2, 0) is 4.79 Å². The molecule has 1 rings (SSSR count). The fraction of sp³-hybridized carbons (Fsp3) is 0.438. The second-order valence-corrected chi connectivity index (χ2v) is 5.04. The molecule has 0 aromatic carbocycles. The lowest BCUT2D eigenvalue weighted by Gasteiger charge is -2.24. The molecule has 114 valence electrons. The topological polar surface area (TPSA) is 70.5 Å². The predicted octanol–water partition coefficient (Wildman–Crippen LogP) is 2.69. The Morgan fingerprint density at radius 3 is 2.67 bits per heavy atom. The lowest BCUT2D eigenvalue weighted by Crippen LogP contribution is -2.34. The van der Waals surface area contributed by atoms with E-state index in [0.717, 1.165) is 12.5 Å². The molecule has 0 bridgehead atoms. The van der Waals surface area contributed by atoms with Crippen molar-refractivity contribution in [2.24, 2.45) is 5.92 Å². The van der Waals surface area contributed by atoms with Crippen LogP contribution < -0.4 is 0 Å². The van der Waals surface area contributed by atoms with Gasteiger partial charge >= 0.3 is 5.97 Å². The van der Waals surface area contributed by atoms with E-state index in [9.17, 15) is 9.59 Å². The van der Waals surface area contributed by atoms with Crippen molar-refractivity contribution in [3.8, 4) is 0 Å². The molecule has 0 aliphatic heterocycles. The van der Waals surface area contributed by atoms with Crippen LogP contribution in [0.1, 0.15) is 43.1 Å². The Labute approximate surface area is 125 Å². The van der Waals surface area contributed by atoms with E-state index in [1.807, 2.05) is 6.92 Å². The summed E-state index contributed by atoms with van der Waals surface area (Å²) in [6.45, 7) is 7.50. The SMILES string of the molecule is CCC(C)CN(CC)C(=O)c1cncc(C=CC(=O)O)c1. The minimum atomic E-state index is -1.03. The van der Waals surface area contributed by atoms with Crippen molar-refractivity contribution in [1.29, 1.82) is 0 Å². The van der Waals surface area contributed by atoms with Gasteiger partial charge in [-0.05, 0) is 30.5 Å². The average Bonchev–Trinajstić information content (AvgIpc) is 2.49. The molecule has 1 N–H and O–H groups in total. The molecule has 0 aliphatic carbocycles. The average molecular weight is 290 g/mol. The fourth-order valence-corrected chi connectivity index (χ4v) is 1.88. The van der Waals surface area contributed by atoms with Crippen molar-refractivity contribution < 1.29 is 14.7 Å². The second-order valence-electron chi connectivity index (χ2n) is 5.04. The Hall–Kier alpha value is -2.17. The van der Waals surface area contributed by atoms with Gasteiger partial charge in [-0.2, -0.15) is 0 Å². The number of hydrogen-bond donors (Lipinski definition) is 1. The van der Waals surface area contributed by atoms with Gasteiger partial charge in [0.1, 0.15) is 0 Å². The van der Waals surface area contributed by atoms with Crippen LogP contribution in [0.15, 0.2) is 24.5 Å². The van der Waals surface area contributed by atoms with Crippen molar-refractivity contribution in [3.05, 3.63) is 35.7 Å². The summed E-state index contributed by atoms with van der Waals surface area (Å²) in [5.74, 6) is -0.661. The molecule has 1 aromatic rings. The molecular formula is C16H22N2O3. The van der Waals surface area contributed by atoms with Gasteiger partial charge in [0.25, 0.3) is 5.91 Å². The minimum Gasteiger partial charge on any atom is -0.478 e. The number of aromatic nitrogens is 1. The third-order valence-corrected chi connectivity index (χ3v) is 3.32. The van der Waals surface area contributed by atoms with Crippen molar-refractivity contribution in [3.63, 3.8) is 0 Å². The van der Waals surface area contributed by atoms with E-state index in [1.54, 1.807) is 11.0 Å². The first-order chi connectivity index (χ1) is 9.97. The summed E-state index contributed by atoms with van der Waals surface area (Å²) in [4.78, 5) is 28.8. The molecule has 21 heavy (non-hydrogen) atoms. The quantitative estimate of drug-likeness (QED) is 0.784. The van der Waals surface area contributed by atoms with Crippen LogP contribution in [0.4, 0.5) is 0 Å². The van der Waals surface area contributed by atoms with Gasteiger partial charge in [0, 0.05) is 31.6 Å².